The number of carbonyl (C=O) groups excluding carboxylic acids is 1. The Morgan fingerprint density at radius 2 is 2.13 bits per heavy atom. The van der Waals surface area contributed by atoms with Gasteiger partial charge in [-0.3, -0.25) is 4.79 Å². The van der Waals surface area contributed by atoms with E-state index < -0.39 is 0 Å². The second kappa shape index (κ2) is 6.62. The number of hydrogen-bond acceptors (Lipinski definition) is 2. The van der Waals surface area contributed by atoms with Crippen molar-refractivity contribution in [1.29, 1.82) is 0 Å². The van der Waals surface area contributed by atoms with Crippen LogP contribution in [0.3, 0.4) is 0 Å². The molecule has 0 aliphatic carbocycles. The van der Waals surface area contributed by atoms with Crippen molar-refractivity contribution in [1.82, 2.24) is 4.90 Å². The molecule has 3 nitrogen and oxygen atoms in total. The summed E-state index contributed by atoms with van der Waals surface area (Å²) in [5.41, 5.74) is 5.42. The van der Waals surface area contributed by atoms with Gasteiger partial charge in [-0.2, -0.15) is 0 Å². The number of nitrogens with zero attached hydrogens (tertiary/aromatic N) is 1. The van der Waals surface area contributed by atoms with Gasteiger partial charge in [-0.25, -0.2) is 0 Å². The summed E-state index contributed by atoms with van der Waals surface area (Å²) in [4.78, 5) is 13.5. The van der Waals surface area contributed by atoms with Crippen molar-refractivity contribution in [2.45, 2.75) is 32.1 Å². The van der Waals surface area contributed by atoms with Crippen LogP contribution in [0.1, 0.15) is 32.1 Å². The highest BCUT2D eigenvalue weighted by atomic mass is 16.2. The van der Waals surface area contributed by atoms with Gasteiger partial charge in [0.15, 0.2) is 0 Å². The monoisotopic (exact) mass is 210 g/mol. The van der Waals surface area contributed by atoms with E-state index in [0.29, 0.717) is 18.2 Å². The van der Waals surface area contributed by atoms with E-state index in [4.69, 9.17) is 5.73 Å². The first-order valence-electron chi connectivity index (χ1n) is 5.88. The van der Waals surface area contributed by atoms with Crippen molar-refractivity contribution in [2.24, 2.45) is 11.7 Å². The van der Waals surface area contributed by atoms with Gasteiger partial charge in [-0.15, -0.1) is 6.58 Å². The second-order valence-corrected chi connectivity index (χ2v) is 4.24. The van der Waals surface area contributed by atoms with Gasteiger partial charge >= 0.3 is 0 Å². The van der Waals surface area contributed by atoms with Crippen molar-refractivity contribution >= 4 is 5.91 Å². The van der Waals surface area contributed by atoms with Crippen LogP contribution < -0.4 is 5.73 Å². The Bertz CT molecular complexity index is 216. The van der Waals surface area contributed by atoms with Crippen molar-refractivity contribution in [3.63, 3.8) is 0 Å². The molecule has 0 spiro atoms. The van der Waals surface area contributed by atoms with E-state index in [-0.39, 0.29) is 0 Å². The molecule has 86 valence electrons. The van der Waals surface area contributed by atoms with Crippen molar-refractivity contribution in [3.8, 4) is 0 Å². The van der Waals surface area contributed by atoms with Crippen LogP contribution in [0.15, 0.2) is 12.7 Å². The Labute approximate surface area is 92.3 Å². The Hall–Kier alpha value is -0.830. The summed E-state index contributed by atoms with van der Waals surface area (Å²) in [6.45, 7) is 6.30. The minimum Gasteiger partial charge on any atom is -0.342 e. The number of nitrogens with two attached hydrogens (primary N) is 1. The largest absolute Gasteiger partial charge is 0.342 e. The molecule has 1 atom stereocenters. The number of rotatable bonds is 7. The molecule has 1 rings (SSSR count). The highest BCUT2D eigenvalue weighted by Crippen LogP contribution is 2.18. The maximum absolute atomic E-state index is 11.5. The van der Waals surface area contributed by atoms with Crippen LogP contribution in [0.5, 0.6) is 0 Å². The van der Waals surface area contributed by atoms with Crippen LogP contribution >= 0.6 is 0 Å². The number of hydrogen-bond donors (Lipinski definition) is 1. The van der Waals surface area contributed by atoms with Crippen LogP contribution in [0.25, 0.3) is 0 Å². The molecule has 0 aromatic carbocycles. The first-order chi connectivity index (χ1) is 7.27. The molecule has 1 fully saturated rings. The SMILES string of the molecule is C=CC1CC(=O)N(CCCCCCN)C1. The molecule has 1 aliphatic rings. The lowest BCUT2D eigenvalue weighted by Gasteiger charge is -2.15. The molecule has 15 heavy (non-hydrogen) atoms. The van der Waals surface area contributed by atoms with Crippen LogP contribution in [0.2, 0.25) is 0 Å². The second-order valence-electron chi connectivity index (χ2n) is 4.24. The van der Waals surface area contributed by atoms with Crippen LogP contribution in [0.4, 0.5) is 0 Å². The molecule has 2 N–H and O–H groups in total. The summed E-state index contributed by atoms with van der Waals surface area (Å²) in [5.74, 6) is 0.667. The van der Waals surface area contributed by atoms with E-state index in [1.54, 1.807) is 0 Å². The molecule has 0 aromatic rings. The topological polar surface area (TPSA) is 46.3 Å². The summed E-state index contributed by atoms with van der Waals surface area (Å²) >= 11 is 0. The highest BCUT2D eigenvalue weighted by Gasteiger charge is 2.26. The zero-order chi connectivity index (χ0) is 11.1. The van der Waals surface area contributed by atoms with E-state index >= 15 is 0 Å². The molecule has 0 bridgehead atoms. The predicted octanol–water partition coefficient (Wildman–Crippen LogP) is 1.54. The van der Waals surface area contributed by atoms with E-state index in [9.17, 15) is 4.79 Å². The van der Waals surface area contributed by atoms with Gasteiger partial charge in [0.05, 0.1) is 0 Å². The fraction of sp³-hybridized carbons (Fsp3) is 0.750. The molecule has 1 unspecified atom stereocenters. The zero-order valence-corrected chi connectivity index (χ0v) is 9.45. The van der Waals surface area contributed by atoms with E-state index in [1.807, 2.05) is 11.0 Å². The summed E-state index contributed by atoms with van der Waals surface area (Å²) < 4.78 is 0. The Morgan fingerprint density at radius 3 is 2.73 bits per heavy atom. The fourth-order valence-electron chi connectivity index (χ4n) is 1.98. The minimum atomic E-state index is 0.290. The number of unbranched alkanes of at least 4 members (excludes halogenated alkanes) is 3. The van der Waals surface area contributed by atoms with Crippen LogP contribution in [0, 0.1) is 5.92 Å². The highest BCUT2D eigenvalue weighted by molar-refractivity contribution is 5.78. The lowest BCUT2D eigenvalue weighted by molar-refractivity contribution is -0.127. The normalized spacial score (nSPS) is 21.0. The first-order valence-corrected chi connectivity index (χ1v) is 5.88. The standard InChI is InChI=1S/C12H22N2O/c1-2-11-9-12(15)14(10-11)8-6-4-3-5-7-13/h2,11H,1,3-10,13H2. The van der Waals surface area contributed by atoms with Gasteiger partial charge in [0.2, 0.25) is 5.91 Å². The predicted molar refractivity (Wildman–Crippen MR) is 62.4 cm³/mol. The van der Waals surface area contributed by atoms with E-state index in [1.165, 1.54) is 12.8 Å². The average molecular weight is 210 g/mol. The molecular formula is C12H22N2O. The fourth-order valence-corrected chi connectivity index (χ4v) is 1.98. The third-order valence-corrected chi connectivity index (χ3v) is 2.96. The smallest absolute Gasteiger partial charge is 0.223 e. The maximum atomic E-state index is 11.5. The van der Waals surface area contributed by atoms with Crippen molar-refractivity contribution < 1.29 is 4.79 Å². The van der Waals surface area contributed by atoms with E-state index in [2.05, 4.69) is 6.58 Å². The maximum Gasteiger partial charge on any atom is 0.223 e. The number of amides is 1. The summed E-state index contributed by atoms with van der Waals surface area (Å²) in [7, 11) is 0. The van der Waals surface area contributed by atoms with Crippen molar-refractivity contribution in [3.05, 3.63) is 12.7 Å². The van der Waals surface area contributed by atoms with Gasteiger partial charge in [0.25, 0.3) is 0 Å². The number of carbonyl (C=O) groups is 1. The average Bonchev–Trinajstić information content (AvgIpc) is 2.59. The van der Waals surface area contributed by atoms with Gasteiger partial charge in [-0.05, 0) is 19.4 Å². The number of likely N-dealkylation sites (tertiary alicyclic amines) is 1. The molecule has 0 aromatic heterocycles. The molecule has 3 heteroatoms. The minimum absolute atomic E-state index is 0.290. The third-order valence-electron chi connectivity index (χ3n) is 2.96. The summed E-state index contributed by atoms with van der Waals surface area (Å²) in [6.07, 6.45) is 7.13. The van der Waals surface area contributed by atoms with Gasteiger partial charge < -0.3 is 10.6 Å². The Kier molecular flexibility index (Phi) is 5.40. The molecule has 1 saturated heterocycles. The molecule has 1 aliphatic heterocycles. The van der Waals surface area contributed by atoms with Crippen LogP contribution in [-0.2, 0) is 4.79 Å². The van der Waals surface area contributed by atoms with E-state index in [0.717, 1.165) is 32.5 Å². The molecule has 1 amide bonds. The lowest BCUT2D eigenvalue weighted by atomic mass is 10.1. The van der Waals surface area contributed by atoms with Gasteiger partial charge in [-0.1, -0.05) is 18.9 Å². The molecule has 0 radical (unpaired) electrons. The molecule has 1 heterocycles. The molecular weight excluding hydrogens is 188 g/mol. The third kappa shape index (κ3) is 4.04. The van der Waals surface area contributed by atoms with Crippen molar-refractivity contribution in [2.75, 3.05) is 19.6 Å². The summed E-state index contributed by atoms with van der Waals surface area (Å²) in [6, 6.07) is 0. The van der Waals surface area contributed by atoms with Gasteiger partial charge in [0, 0.05) is 25.4 Å². The summed E-state index contributed by atoms with van der Waals surface area (Å²) in [5, 5.41) is 0. The quantitative estimate of drug-likeness (QED) is 0.512. The Morgan fingerprint density at radius 1 is 1.40 bits per heavy atom. The Balaban J connectivity index is 2.11. The van der Waals surface area contributed by atoms with Gasteiger partial charge in [0.1, 0.15) is 0 Å². The first kappa shape index (κ1) is 12.2. The van der Waals surface area contributed by atoms with Crippen LogP contribution in [-0.4, -0.2) is 30.4 Å². The lowest BCUT2D eigenvalue weighted by Crippen LogP contribution is -2.26. The molecule has 0 saturated carbocycles. The zero-order valence-electron chi connectivity index (χ0n) is 9.45.